The Morgan fingerprint density at radius 1 is 0.571 bits per heavy atom. The van der Waals surface area contributed by atoms with Crippen molar-refractivity contribution in [2.75, 3.05) is 0 Å². The molecule has 0 spiro atoms. The molecule has 0 radical (unpaired) electrons. The topological polar surface area (TPSA) is 0 Å². The van der Waals surface area contributed by atoms with Crippen LogP contribution in [-0.4, -0.2) is 8.07 Å². The molecule has 122 valence electrons. The van der Waals surface area contributed by atoms with Gasteiger partial charge >= 0.3 is 0 Å². The van der Waals surface area contributed by atoms with Crippen molar-refractivity contribution in [3.05, 3.63) is 22.3 Å². The zero-order chi connectivity index (χ0) is 16.7. The molecule has 0 N–H and O–H groups in total. The van der Waals surface area contributed by atoms with E-state index in [1.807, 2.05) is 0 Å². The standard InChI is InChI=1S/C20H38Si/c1-12(2)16-17(13(3)4)19(15(7)8)20(21(9,10)11)18(16)14(5)6/h12-15,20H,1-11H3. The molecule has 0 heterocycles. The van der Waals surface area contributed by atoms with Crippen LogP contribution in [0.25, 0.3) is 0 Å². The summed E-state index contributed by atoms with van der Waals surface area (Å²) in [5, 5.41) is 0. The lowest BCUT2D eigenvalue weighted by Crippen LogP contribution is -2.32. The first-order valence-corrected chi connectivity index (χ1v) is 12.5. The Bertz CT molecular complexity index is 403. The van der Waals surface area contributed by atoms with Gasteiger partial charge in [-0.3, -0.25) is 0 Å². The van der Waals surface area contributed by atoms with Gasteiger partial charge in [-0.2, -0.15) is 0 Å². The average molecular weight is 307 g/mol. The van der Waals surface area contributed by atoms with Crippen molar-refractivity contribution in [1.82, 2.24) is 0 Å². The predicted molar refractivity (Wildman–Crippen MR) is 101 cm³/mol. The zero-order valence-electron chi connectivity index (χ0n) is 16.4. The largest absolute Gasteiger partial charge is 0.0688 e. The minimum absolute atomic E-state index is 0.648. The van der Waals surface area contributed by atoms with Gasteiger partial charge in [0.15, 0.2) is 0 Å². The molecule has 0 aliphatic heterocycles. The summed E-state index contributed by atoms with van der Waals surface area (Å²) < 4.78 is 0. The van der Waals surface area contributed by atoms with Gasteiger partial charge in [-0.1, -0.05) is 86.2 Å². The van der Waals surface area contributed by atoms with Crippen LogP contribution in [0.15, 0.2) is 22.3 Å². The second kappa shape index (κ2) is 6.44. The highest BCUT2D eigenvalue weighted by atomic mass is 28.3. The van der Waals surface area contributed by atoms with E-state index in [4.69, 9.17) is 0 Å². The van der Waals surface area contributed by atoms with E-state index in [9.17, 15) is 0 Å². The monoisotopic (exact) mass is 306 g/mol. The fourth-order valence-corrected chi connectivity index (χ4v) is 7.14. The van der Waals surface area contributed by atoms with E-state index in [-0.39, 0.29) is 0 Å². The number of rotatable bonds is 5. The summed E-state index contributed by atoms with van der Waals surface area (Å²) in [5.74, 6) is 2.64. The Morgan fingerprint density at radius 2 is 0.857 bits per heavy atom. The molecule has 0 aromatic carbocycles. The quantitative estimate of drug-likeness (QED) is 0.483. The van der Waals surface area contributed by atoms with Gasteiger partial charge in [0.25, 0.3) is 0 Å². The van der Waals surface area contributed by atoms with Gasteiger partial charge in [0.05, 0.1) is 8.07 Å². The van der Waals surface area contributed by atoms with E-state index in [1.165, 1.54) is 0 Å². The summed E-state index contributed by atoms with van der Waals surface area (Å²) in [4.78, 5) is 0. The lowest BCUT2D eigenvalue weighted by molar-refractivity contribution is 0.669. The van der Waals surface area contributed by atoms with Gasteiger partial charge in [0.1, 0.15) is 0 Å². The Hall–Kier alpha value is -0.303. The molecular weight excluding hydrogens is 268 g/mol. The van der Waals surface area contributed by atoms with Crippen LogP contribution >= 0.6 is 0 Å². The number of allylic oxidation sites excluding steroid dienone is 4. The van der Waals surface area contributed by atoms with Crippen LogP contribution in [-0.2, 0) is 0 Å². The fraction of sp³-hybridized carbons (Fsp3) is 0.800. The maximum atomic E-state index is 2.56. The van der Waals surface area contributed by atoms with Crippen LogP contribution < -0.4 is 0 Å². The predicted octanol–water partition coefficient (Wildman–Crippen LogP) is 6.93. The molecule has 0 unspecified atom stereocenters. The average Bonchev–Trinajstić information content (AvgIpc) is 2.63. The number of hydrogen-bond acceptors (Lipinski definition) is 0. The molecule has 0 amide bonds. The summed E-state index contributed by atoms with van der Waals surface area (Å²) >= 11 is 0. The van der Waals surface area contributed by atoms with Crippen molar-refractivity contribution in [1.29, 1.82) is 0 Å². The lowest BCUT2D eigenvalue weighted by atomic mass is 9.84. The molecule has 0 fully saturated rings. The maximum Gasteiger partial charge on any atom is 0.0565 e. The third-order valence-corrected chi connectivity index (χ3v) is 7.15. The smallest absolute Gasteiger partial charge is 0.0565 e. The first kappa shape index (κ1) is 18.7. The van der Waals surface area contributed by atoms with Crippen molar-refractivity contribution < 1.29 is 0 Å². The molecular formula is C20H38Si. The minimum atomic E-state index is -1.27. The Morgan fingerprint density at radius 3 is 1.00 bits per heavy atom. The molecule has 1 rings (SSSR count). The highest BCUT2D eigenvalue weighted by Crippen LogP contribution is 2.55. The van der Waals surface area contributed by atoms with Gasteiger partial charge < -0.3 is 0 Å². The molecule has 0 aromatic rings. The van der Waals surface area contributed by atoms with Crippen LogP contribution in [0.2, 0.25) is 25.2 Å². The molecule has 1 aliphatic carbocycles. The summed E-state index contributed by atoms with van der Waals surface area (Å²) in [5.41, 5.74) is 7.77. The molecule has 0 saturated heterocycles. The van der Waals surface area contributed by atoms with Crippen LogP contribution in [0.4, 0.5) is 0 Å². The van der Waals surface area contributed by atoms with Crippen LogP contribution in [0.5, 0.6) is 0 Å². The van der Waals surface area contributed by atoms with Crippen molar-refractivity contribution >= 4 is 8.07 Å². The highest BCUT2D eigenvalue weighted by Gasteiger charge is 2.43. The third kappa shape index (κ3) is 3.55. The first-order valence-electron chi connectivity index (χ1n) is 8.89. The Balaban J connectivity index is 3.72. The van der Waals surface area contributed by atoms with Gasteiger partial charge in [0.2, 0.25) is 0 Å². The van der Waals surface area contributed by atoms with E-state index < -0.39 is 8.07 Å². The van der Waals surface area contributed by atoms with Crippen molar-refractivity contribution in [2.45, 2.75) is 80.6 Å². The zero-order valence-corrected chi connectivity index (χ0v) is 17.4. The molecule has 0 bridgehead atoms. The van der Waals surface area contributed by atoms with E-state index in [0.717, 1.165) is 5.54 Å². The fourth-order valence-electron chi connectivity index (χ4n) is 4.30. The maximum absolute atomic E-state index is 2.56. The van der Waals surface area contributed by atoms with Crippen molar-refractivity contribution in [3.63, 3.8) is 0 Å². The van der Waals surface area contributed by atoms with Crippen LogP contribution in [0.1, 0.15) is 55.4 Å². The molecule has 1 aliphatic rings. The lowest BCUT2D eigenvalue weighted by Gasteiger charge is -2.35. The molecule has 21 heavy (non-hydrogen) atoms. The van der Waals surface area contributed by atoms with E-state index >= 15 is 0 Å². The van der Waals surface area contributed by atoms with Crippen molar-refractivity contribution in [3.8, 4) is 0 Å². The Labute approximate surface area is 135 Å². The van der Waals surface area contributed by atoms with Gasteiger partial charge in [-0.05, 0) is 40.4 Å². The second-order valence-electron chi connectivity index (χ2n) is 9.16. The van der Waals surface area contributed by atoms with Gasteiger partial charge in [-0.15, -0.1) is 0 Å². The molecule has 0 nitrogen and oxygen atoms in total. The minimum Gasteiger partial charge on any atom is -0.0688 e. The van der Waals surface area contributed by atoms with E-state index in [1.54, 1.807) is 22.3 Å². The summed E-state index contributed by atoms with van der Waals surface area (Å²) in [7, 11) is -1.27. The molecule has 1 heteroatoms. The summed E-state index contributed by atoms with van der Waals surface area (Å²) in [6, 6.07) is 0. The second-order valence-corrected chi connectivity index (χ2v) is 14.5. The van der Waals surface area contributed by atoms with Crippen molar-refractivity contribution in [2.24, 2.45) is 23.7 Å². The van der Waals surface area contributed by atoms with E-state index in [0.29, 0.717) is 23.7 Å². The van der Waals surface area contributed by atoms with Crippen LogP contribution in [0, 0.1) is 23.7 Å². The third-order valence-electron chi connectivity index (χ3n) is 4.80. The molecule has 0 aromatic heterocycles. The normalized spacial score (nSPS) is 18.4. The summed E-state index contributed by atoms with van der Waals surface area (Å²) in [6.45, 7) is 26.9. The van der Waals surface area contributed by atoms with Gasteiger partial charge in [-0.25, -0.2) is 0 Å². The SMILES string of the molecule is CC(C)C1=C(C(C)C)C([Si](C)(C)C)C(C(C)C)=C1C(C)C. The molecule has 0 saturated carbocycles. The Kier molecular flexibility index (Phi) is 5.75. The summed E-state index contributed by atoms with van der Waals surface area (Å²) in [6.07, 6.45) is 0. The van der Waals surface area contributed by atoms with E-state index in [2.05, 4.69) is 75.0 Å². The highest BCUT2D eigenvalue weighted by molar-refractivity contribution is 6.79. The van der Waals surface area contributed by atoms with Gasteiger partial charge in [0, 0.05) is 0 Å². The first-order chi connectivity index (χ1) is 9.41. The van der Waals surface area contributed by atoms with Crippen LogP contribution in [0.3, 0.4) is 0 Å². The molecule has 0 atom stereocenters. The number of hydrogen-bond donors (Lipinski definition) is 0.